The SMILES string of the molecule is CC1(C)OB(c2cnc(S(=O)(=O)C3CCCN(C(=O)CCl)C3)nc2)OC1(C)C. The van der Waals surface area contributed by atoms with Gasteiger partial charge in [-0.2, -0.15) is 0 Å². The fraction of sp³-hybridized carbons (Fsp3) is 0.706. The van der Waals surface area contributed by atoms with Crippen LogP contribution in [0.15, 0.2) is 17.6 Å². The number of sulfone groups is 1. The molecular formula is C17H25BClN3O5S. The van der Waals surface area contributed by atoms with Gasteiger partial charge in [0.25, 0.3) is 0 Å². The van der Waals surface area contributed by atoms with E-state index in [0.29, 0.717) is 24.8 Å². The molecule has 0 N–H and O–H groups in total. The van der Waals surface area contributed by atoms with E-state index in [9.17, 15) is 13.2 Å². The van der Waals surface area contributed by atoms with Gasteiger partial charge in [-0.25, -0.2) is 18.4 Å². The van der Waals surface area contributed by atoms with Crippen LogP contribution < -0.4 is 5.46 Å². The zero-order chi connectivity index (χ0) is 20.7. The lowest BCUT2D eigenvalue weighted by Gasteiger charge is -2.32. The fourth-order valence-corrected chi connectivity index (χ4v) is 4.95. The third kappa shape index (κ3) is 3.92. The Kier molecular flexibility index (Phi) is 5.79. The molecule has 3 heterocycles. The van der Waals surface area contributed by atoms with Gasteiger partial charge in [-0.3, -0.25) is 4.79 Å². The maximum Gasteiger partial charge on any atom is 0.498 e. The smallest absolute Gasteiger partial charge is 0.399 e. The van der Waals surface area contributed by atoms with Crippen LogP contribution in [0.3, 0.4) is 0 Å². The molecule has 0 saturated carbocycles. The summed E-state index contributed by atoms with van der Waals surface area (Å²) in [5, 5.41) is -0.992. The first-order valence-electron chi connectivity index (χ1n) is 9.23. The Balaban J connectivity index is 1.77. The number of hydrogen-bond acceptors (Lipinski definition) is 7. The number of alkyl halides is 1. The standard InChI is InChI=1S/C17H25BClN3O5S/c1-16(2)17(3,4)27-18(26-16)12-9-20-15(21-10-12)28(24,25)13-6-5-7-22(11-13)14(23)8-19/h9-10,13H,5-8,11H2,1-4H3. The summed E-state index contributed by atoms with van der Waals surface area (Å²) in [6.07, 6.45) is 3.90. The molecule has 2 aliphatic heterocycles. The third-order valence-corrected chi connectivity index (χ3v) is 7.92. The first kappa shape index (κ1) is 21.5. The average molecular weight is 430 g/mol. The zero-order valence-corrected chi connectivity index (χ0v) is 18.1. The summed E-state index contributed by atoms with van der Waals surface area (Å²) in [5.41, 5.74) is -0.466. The highest BCUT2D eigenvalue weighted by Crippen LogP contribution is 2.36. The fourth-order valence-electron chi connectivity index (χ4n) is 3.23. The Morgan fingerprint density at radius 2 is 1.82 bits per heavy atom. The summed E-state index contributed by atoms with van der Waals surface area (Å²) >= 11 is 5.59. The Labute approximate surface area is 171 Å². The molecule has 1 aromatic rings. The van der Waals surface area contributed by atoms with Crippen molar-refractivity contribution in [3.05, 3.63) is 12.4 Å². The van der Waals surface area contributed by atoms with Gasteiger partial charge in [0.05, 0.1) is 16.5 Å². The molecule has 28 heavy (non-hydrogen) atoms. The van der Waals surface area contributed by atoms with Gasteiger partial charge in [0.1, 0.15) is 5.88 Å². The van der Waals surface area contributed by atoms with Gasteiger partial charge < -0.3 is 14.2 Å². The van der Waals surface area contributed by atoms with Crippen molar-refractivity contribution in [3.8, 4) is 0 Å². The highest BCUT2D eigenvalue weighted by atomic mass is 35.5. The molecule has 0 aromatic carbocycles. The first-order valence-corrected chi connectivity index (χ1v) is 11.3. The van der Waals surface area contributed by atoms with Crippen LogP contribution in [0, 0.1) is 0 Å². The summed E-state index contributed by atoms with van der Waals surface area (Å²) in [6.45, 7) is 8.36. The van der Waals surface area contributed by atoms with Crippen LogP contribution >= 0.6 is 11.6 Å². The van der Waals surface area contributed by atoms with Crippen molar-refractivity contribution in [3.63, 3.8) is 0 Å². The van der Waals surface area contributed by atoms with Crippen molar-refractivity contribution in [1.82, 2.24) is 14.9 Å². The van der Waals surface area contributed by atoms with Crippen molar-refractivity contribution in [2.45, 2.75) is 62.1 Å². The first-order chi connectivity index (χ1) is 13.0. The highest BCUT2D eigenvalue weighted by Gasteiger charge is 2.52. The molecule has 2 aliphatic rings. The number of hydrogen-bond donors (Lipinski definition) is 0. The summed E-state index contributed by atoms with van der Waals surface area (Å²) in [5.74, 6) is -0.426. The molecule has 1 amide bonds. The van der Waals surface area contributed by atoms with Crippen molar-refractivity contribution in [2.75, 3.05) is 19.0 Å². The molecule has 0 radical (unpaired) electrons. The van der Waals surface area contributed by atoms with Crippen LogP contribution in [0.4, 0.5) is 0 Å². The summed E-state index contributed by atoms with van der Waals surface area (Å²) in [7, 11) is -4.42. The normalized spacial score (nSPS) is 24.4. The van der Waals surface area contributed by atoms with Gasteiger partial charge >= 0.3 is 7.12 Å². The Bertz CT molecular complexity index is 831. The second-order valence-corrected chi connectivity index (χ2v) is 10.6. The number of carbonyl (C=O) groups excluding carboxylic acids is 1. The topological polar surface area (TPSA) is 98.7 Å². The molecule has 1 aromatic heterocycles. The molecule has 0 bridgehead atoms. The maximum absolute atomic E-state index is 12.9. The van der Waals surface area contributed by atoms with E-state index in [1.165, 1.54) is 17.3 Å². The number of amides is 1. The van der Waals surface area contributed by atoms with Crippen LogP contribution in [0.25, 0.3) is 0 Å². The Morgan fingerprint density at radius 3 is 2.36 bits per heavy atom. The number of aromatic nitrogens is 2. The second-order valence-electron chi connectivity index (χ2n) is 8.17. The number of halogens is 1. The van der Waals surface area contributed by atoms with Gasteiger partial charge in [-0.05, 0) is 40.5 Å². The van der Waals surface area contributed by atoms with Crippen LogP contribution in [0.2, 0.25) is 0 Å². The van der Waals surface area contributed by atoms with E-state index in [4.69, 9.17) is 20.9 Å². The molecule has 1 atom stereocenters. The Hall–Kier alpha value is -1.23. The van der Waals surface area contributed by atoms with Gasteiger partial charge in [0.2, 0.25) is 20.9 Å². The number of likely N-dealkylation sites (tertiary alicyclic amines) is 1. The van der Waals surface area contributed by atoms with E-state index < -0.39 is 33.4 Å². The molecule has 0 aliphatic carbocycles. The molecule has 11 heteroatoms. The molecule has 3 rings (SSSR count). The summed E-state index contributed by atoms with van der Waals surface area (Å²) in [6, 6.07) is 0. The molecular weight excluding hydrogens is 405 g/mol. The Morgan fingerprint density at radius 1 is 1.25 bits per heavy atom. The molecule has 1 unspecified atom stereocenters. The van der Waals surface area contributed by atoms with Crippen LogP contribution in [-0.4, -0.2) is 71.7 Å². The molecule has 0 spiro atoms. The average Bonchev–Trinajstić information content (AvgIpc) is 2.88. The van der Waals surface area contributed by atoms with Crippen LogP contribution in [0.5, 0.6) is 0 Å². The number of piperidine rings is 1. The summed E-state index contributed by atoms with van der Waals surface area (Å²) < 4.78 is 37.7. The summed E-state index contributed by atoms with van der Waals surface area (Å²) in [4.78, 5) is 21.4. The molecule has 2 fully saturated rings. The van der Waals surface area contributed by atoms with Crippen molar-refractivity contribution in [2.24, 2.45) is 0 Å². The largest absolute Gasteiger partial charge is 0.498 e. The predicted molar refractivity (Wildman–Crippen MR) is 105 cm³/mol. The molecule has 2 saturated heterocycles. The van der Waals surface area contributed by atoms with Crippen molar-refractivity contribution >= 4 is 39.9 Å². The minimum absolute atomic E-state index is 0.107. The number of carbonyl (C=O) groups is 1. The third-order valence-electron chi connectivity index (χ3n) is 5.71. The predicted octanol–water partition coefficient (Wildman–Crippen LogP) is 0.779. The van der Waals surface area contributed by atoms with Crippen molar-refractivity contribution < 1.29 is 22.5 Å². The minimum atomic E-state index is -3.76. The number of nitrogens with zero attached hydrogens (tertiary/aromatic N) is 3. The van der Waals surface area contributed by atoms with Gasteiger partial charge in [0.15, 0.2) is 0 Å². The van der Waals surface area contributed by atoms with E-state index in [1.54, 1.807) is 0 Å². The van der Waals surface area contributed by atoms with Crippen LogP contribution in [0.1, 0.15) is 40.5 Å². The number of rotatable bonds is 4. The van der Waals surface area contributed by atoms with Gasteiger partial charge in [0, 0.05) is 30.9 Å². The minimum Gasteiger partial charge on any atom is -0.399 e. The molecule has 154 valence electrons. The lowest BCUT2D eigenvalue weighted by atomic mass is 9.81. The van der Waals surface area contributed by atoms with Gasteiger partial charge in [-0.15, -0.1) is 11.6 Å². The molecule has 8 nitrogen and oxygen atoms in total. The lowest BCUT2D eigenvalue weighted by molar-refractivity contribution is -0.129. The zero-order valence-electron chi connectivity index (χ0n) is 16.5. The highest BCUT2D eigenvalue weighted by molar-refractivity contribution is 7.91. The maximum atomic E-state index is 12.9. The quantitative estimate of drug-likeness (QED) is 0.396. The lowest BCUT2D eigenvalue weighted by Crippen LogP contribution is -2.46. The monoisotopic (exact) mass is 429 g/mol. The van der Waals surface area contributed by atoms with E-state index in [1.807, 2.05) is 27.7 Å². The van der Waals surface area contributed by atoms with E-state index in [2.05, 4.69) is 9.97 Å². The second kappa shape index (κ2) is 7.55. The van der Waals surface area contributed by atoms with Crippen LogP contribution in [-0.2, 0) is 23.9 Å². The van der Waals surface area contributed by atoms with E-state index in [0.717, 1.165) is 0 Å². The van der Waals surface area contributed by atoms with Gasteiger partial charge in [-0.1, -0.05) is 0 Å². The van der Waals surface area contributed by atoms with E-state index >= 15 is 0 Å². The van der Waals surface area contributed by atoms with E-state index in [-0.39, 0.29) is 23.5 Å². The van der Waals surface area contributed by atoms with Crippen molar-refractivity contribution in [1.29, 1.82) is 0 Å².